The molecule has 2 rings (SSSR count). The number of carbonyl (C=O) groups excluding carboxylic acids is 1. The third-order valence-electron chi connectivity index (χ3n) is 4.35. The molecule has 0 aliphatic carbocycles. The SMILES string of the molecule is CCC(C)NC(=S)Nc1c(C)nn(Cc2ccccc2C(=O)OC)c1C. The van der Waals surface area contributed by atoms with E-state index in [0.29, 0.717) is 23.3 Å². The Labute approximate surface area is 159 Å². The molecule has 0 radical (unpaired) electrons. The highest BCUT2D eigenvalue weighted by atomic mass is 32.1. The Balaban J connectivity index is 2.23. The first-order valence-corrected chi connectivity index (χ1v) is 9.05. The third-order valence-corrected chi connectivity index (χ3v) is 4.57. The summed E-state index contributed by atoms with van der Waals surface area (Å²) >= 11 is 5.39. The summed E-state index contributed by atoms with van der Waals surface area (Å²) in [6.07, 6.45) is 0.989. The van der Waals surface area contributed by atoms with Crippen LogP contribution in [0.25, 0.3) is 0 Å². The minimum Gasteiger partial charge on any atom is -0.465 e. The Morgan fingerprint density at radius 1 is 1.35 bits per heavy atom. The second-order valence-electron chi connectivity index (χ2n) is 6.26. The Morgan fingerprint density at radius 2 is 2.04 bits per heavy atom. The lowest BCUT2D eigenvalue weighted by Crippen LogP contribution is -2.35. The van der Waals surface area contributed by atoms with Crippen LogP contribution >= 0.6 is 12.2 Å². The van der Waals surface area contributed by atoms with Crippen LogP contribution in [0.15, 0.2) is 24.3 Å². The number of methoxy groups -OCH3 is 1. The molecule has 0 aliphatic rings. The van der Waals surface area contributed by atoms with E-state index in [1.54, 1.807) is 6.07 Å². The average molecular weight is 375 g/mol. The van der Waals surface area contributed by atoms with Gasteiger partial charge in [-0.05, 0) is 51.0 Å². The van der Waals surface area contributed by atoms with Gasteiger partial charge >= 0.3 is 5.97 Å². The van der Waals surface area contributed by atoms with Gasteiger partial charge in [0.05, 0.1) is 36.3 Å². The van der Waals surface area contributed by atoms with Crippen LogP contribution in [-0.4, -0.2) is 34.0 Å². The molecule has 0 saturated heterocycles. The lowest BCUT2D eigenvalue weighted by Gasteiger charge is -2.15. The van der Waals surface area contributed by atoms with E-state index in [1.165, 1.54) is 7.11 Å². The standard InChI is InChI=1S/C19H26N4O2S/c1-6-12(2)20-19(26)21-17-13(3)22-23(14(17)4)11-15-9-7-8-10-16(15)18(24)25-5/h7-10,12H,6,11H2,1-5H3,(H2,20,21,26). The van der Waals surface area contributed by atoms with E-state index in [9.17, 15) is 4.79 Å². The van der Waals surface area contributed by atoms with E-state index >= 15 is 0 Å². The van der Waals surface area contributed by atoms with Gasteiger partial charge in [0, 0.05) is 6.04 Å². The van der Waals surface area contributed by atoms with Crippen LogP contribution in [0.5, 0.6) is 0 Å². The molecule has 0 saturated carbocycles. The molecule has 0 fully saturated rings. The van der Waals surface area contributed by atoms with Crippen molar-refractivity contribution in [2.24, 2.45) is 0 Å². The second kappa shape index (κ2) is 8.80. The first kappa shape index (κ1) is 19.9. The number of hydrogen-bond donors (Lipinski definition) is 2. The summed E-state index contributed by atoms with van der Waals surface area (Å²) < 4.78 is 6.73. The number of aromatic nitrogens is 2. The minimum atomic E-state index is -0.348. The number of thiocarbonyl (C=S) groups is 1. The number of ether oxygens (including phenoxy) is 1. The number of hydrogen-bond acceptors (Lipinski definition) is 4. The van der Waals surface area contributed by atoms with Gasteiger partial charge in [0.1, 0.15) is 0 Å². The number of esters is 1. The zero-order valence-electron chi connectivity index (χ0n) is 15.9. The number of aryl methyl sites for hydroxylation is 1. The number of nitrogens with zero attached hydrogens (tertiary/aromatic N) is 2. The number of benzene rings is 1. The summed E-state index contributed by atoms with van der Waals surface area (Å²) in [6, 6.07) is 7.70. The van der Waals surface area contributed by atoms with E-state index in [-0.39, 0.29) is 5.97 Å². The summed E-state index contributed by atoms with van der Waals surface area (Å²) in [5.74, 6) is -0.348. The molecule has 0 amide bonds. The first-order valence-electron chi connectivity index (χ1n) is 8.65. The van der Waals surface area contributed by atoms with Crippen molar-refractivity contribution < 1.29 is 9.53 Å². The fourth-order valence-electron chi connectivity index (χ4n) is 2.64. The molecule has 2 N–H and O–H groups in total. The summed E-state index contributed by atoms with van der Waals surface area (Å²) in [6.45, 7) is 8.58. The summed E-state index contributed by atoms with van der Waals surface area (Å²) in [4.78, 5) is 12.0. The smallest absolute Gasteiger partial charge is 0.338 e. The predicted molar refractivity (Wildman–Crippen MR) is 108 cm³/mol. The Kier molecular flexibility index (Phi) is 6.74. The molecular weight excluding hydrogens is 348 g/mol. The molecule has 26 heavy (non-hydrogen) atoms. The number of carbonyl (C=O) groups is 1. The van der Waals surface area contributed by atoms with Crippen molar-refractivity contribution in [3.8, 4) is 0 Å². The summed E-state index contributed by atoms with van der Waals surface area (Å²) in [7, 11) is 1.38. The van der Waals surface area contributed by atoms with Gasteiger partial charge in [0.2, 0.25) is 0 Å². The van der Waals surface area contributed by atoms with Crippen molar-refractivity contribution >= 4 is 29.0 Å². The zero-order chi connectivity index (χ0) is 19.3. The molecule has 7 heteroatoms. The molecule has 2 aromatic rings. The van der Waals surface area contributed by atoms with Gasteiger partial charge in [0.25, 0.3) is 0 Å². The van der Waals surface area contributed by atoms with Crippen LogP contribution in [0.4, 0.5) is 5.69 Å². The highest BCUT2D eigenvalue weighted by Gasteiger charge is 2.16. The largest absolute Gasteiger partial charge is 0.465 e. The van der Waals surface area contributed by atoms with Crippen LogP contribution in [-0.2, 0) is 11.3 Å². The quantitative estimate of drug-likeness (QED) is 0.596. The number of nitrogens with one attached hydrogen (secondary N) is 2. The van der Waals surface area contributed by atoms with Crippen LogP contribution in [0.1, 0.15) is 47.6 Å². The molecule has 1 aromatic carbocycles. The topological polar surface area (TPSA) is 68.2 Å². The lowest BCUT2D eigenvalue weighted by atomic mass is 10.1. The summed E-state index contributed by atoms with van der Waals surface area (Å²) in [5.41, 5.74) is 4.10. The van der Waals surface area contributed by atoms with Gasteiger partial charge in [-0.1, -0.05) is 25.1 Å². The maximum Gasteiger partial charge on any atom is 0.338 e. The van der Waals surface area contributed by atoms with Crippen molar-refractivity contribution in [1.29, 1.82) is 0 Å². The highest BCUT2D eigenvalue weighted by molar-refractivity contribution is 7.80. The van der Waals surface area contributed by atoms with Gasteiger partial charge in [-0.2, -0.15) is 5.10 Å². The normalized spacial score (nSPS) is 11.7. The molecule has 0 aliphatic heterocycles. The molecule has 0 bridgehead atoms. The van der Waals surface area contributed by atoms with Crippen LogP contribution in [0.3, 0.4) is 0 Å². The number of anilines is 1. The predicted octanol–water partition coefficient (Wildman–Crippen LogP) is 3.42. The first-order chi connectivity index (χ1) is 12.4. The van der Waals surface area contributed by atoms with E-state index < -0.39 is 0 Å². The fraction of sp³-hybridized carbons (Fsp3) is 0.421. The maximum atomic E-state index is 12.0. The van der Waals surface area contributed by atoms with Gasteiger partial charge in [0.15, 0.2) is 5.11 Å². The van der Waals surface area contributed by atoms with Gasteiger partial charge in [-0.15, -0.1) is 0 Å². The monoisotopic (exact) mass is 374 g/mol. The lowest BCUT2D eigenvalue weighted by molar-refractivity contribution is 0.0599. The van der Waals surface area contributed by atoms with Crippen molar-refractivity contribution in [3.05, 3.63) is 46.8 Å². The Morgan fingerprint density at radius 3 is 2.69 bits per heavy atom. The zero-order valence-corrected chi connectivity index (χ0v) is 16.7. The van der Waals surface area contributed by atoms with E-state index in [2.05, 4.69) is 29.6 Å². The molecule has 140 valence electrons. The molecule has 6 nitrogen and oxygen atoms in total. The van der Waals surface area contributed by atoms with E-state index in [1.807, 2.05) is 36.7 Å². The van der Waals surface area contributed by atoms with Gasteiger partial charge in [-0.3, -0.25) is 4.68 Å². The van der Waals surface area contributed by atoms with E-state index in [4.69, 9.17) is 17.0 Å². The fourth-order valence-corrected chi connectivity index (χ4v) is 2.94. The highest BCUT2D eigenvalue weighted by Crippen LogP contribution is 2.21. The molecular formula is C19H26N4O2S. The maximum absolute atomic E-state index is 12.0. The van der Waals surface area contributed by atoms with E-state index in [0.717, 1.165) is 29.1 Å². The molecule has 1 atom stereocenters. The van der Waals surface area contributed by atoms with Crippen molar-refractivity contribution in [2.45, 2.75) is 46.7 Å². The van der Waals surface area contributed by atoms with Crippen molar-refractivity contribution in [2.75, 3.05) is 12.4 Å². The molecule has 0 spiro atoms. The Bertz CT molecular complexity index is 801. The van der Waals surface area contributed by atoms with Crippen LogP contribution in [0.2, 0.25) is 0 Å². The molecule has 1 aromatic heterocycles. The van der Waals surface area contributed by atoms with Crippen molar-refractivity contribution in [3.63, 3.8) is 0 Å². The molecule has 1 heterocycles. The average Bonchev–Trinajstić information content (AvgIpc) is 2.88. The van der Waals surface area contributed by atoms with Gasteiger partial charge < -0.3 is 15.4 Å². The summed E-state index contributed by atoms with van der Waals surface area (Å²) in [5, 5.41) is 11.7. The minimum absolute atomic E-state index is 0.303. The van der Waals surface area contributed by atoms with Crippen LogP contribution in [0, 0.1) is 13.8 Å². The Hall–Kier alpha value is -2.41. The second-order valence-corrected chi connectivity index (χ2v) is 6.67. The molecule has 1 unspecified atom stereocenters. The number of rotatable bonds is 6. The van der Waals surface area contributed by atoms with Crippen molar-refractivity contribution in [1.82, 2.24) is 15.1 Å². The third kappa shape index (κ3) is 4.60. The van der Waals surface area contributed by atoms with Crippen LogP contribution < -0.4 is 10.6 Å². The van der Waals surface area contributed by atoms with Gasteiger partial charge in [-0.25, -0.2) is 4.79 Å².